The molecule has 44 heavy (non-hydrogen) atoms. The van der Waals surface area contributed by atoms with E-state index in [1.54, 1.807) is 18.7 Å². The molecule has 226 valence electrons. The number of nitrogens with zero attached hydrogens (tertiary/aromatic N) is 4. The molecule has 3 aromatic heterocycles. The van der Waals surface area contributed by atoms with Crippen molar-refractivity contribution in [1.29, 1.82) is 0 Å². The highest BCUT2D eigenvalue weighted by atomic mass is 79.9. The van der Waals surface area contributed by atoms with Crippen LogP contribution >= 0.6 is 23.1 Å². The summed E-state index contributed by atoms with van der Waals surface area (Å²) in [6.07, 6.45) is 9.49. The molecule has 1 amide bonds. The molecule has 5 heterocycles. The Morgan fingerprint density at radius 3 is 2.55 bits per heavy atom. The van der Waals surface area contributed by atoms with Gasteiger partial charge in [0.15, 0.2) is 18.9 Å². The summed E-state index contributed by atoms with van der Waals surface area (Å²) in [5.74, 6) is -2.55. The van der Waals surface area contributed by atoms with Gasteiger partial charge in [-0.2, -0.15) is 4.40 Å². The number of benzene rings is 2. The number of rotatable bonds is 8. The molecule has 8 nitrogen and oxygen atoms in total. The van der Waals surface area contributed by atoms with Crippen LogP contribution in [0.4, 0.5) is 0 Å². The Balaban J connectivity index is 0.00000343. The van der Waals surface area contributed by atoms with Crippen LogP contribution in [0.15, 0.2) is 90.2 Å². The van der Waals surface area contributed by atoms with Crippen LogP contribution in [0.3, 0.4) is 0 Å². The minimum absolute atomic E-state index is 0. The highest BCUT2D eigenvalue weighted by Crippen LogP contribution is 2.51. The second-order valence-electron chi connectivity index (χ2n) is 11.4. The molecule has 0 bridgehead atoms. The van der Waals surface area contributed by atoms with E-state index in [1.165, 1.54) is 38.1 Å². The van der Waals surface area contributed by atoms with Gasteiger partial charge in [0.05, 0.1) is 34.6 Å². The summed E-state index contributed by atoms with van der Waals surface area (Å²) < 4.78 is 6.46. The van der Waals surface area contributed by atoms with E-state index in [9.17, 15) is 19.8 Å². The molecular formula is C33H31BrN4O4S2. The van der Waals surface area contributed by atoms with Gasteiger partial charge in [-0.25, -0.2) is 9.13 Å². The Morgan fingerprint density at radius 1 is 1.11 bits per heavy atom. The molecule has 0 aliphatic carbocycles. The third kappa shape index (κ3) is 4.95. The lowest BCUT2D eigenvalue weighted by molar-refractivity contribution is -0.721. The van der Waals surface area contributed by atoms with Crippen molar-refractivity contribution in [3.8, 4) is 0 Å². The lowest BCUT2D eigenvalue weighted by Crippen LogP contribution is -3.00. The SMILES string of the molecule is CSc1c2sc(C3=C(C(=O)[O-])N4C(=O)[C@H]([C@@H](C)O)C4[C@H]3C)cn2c[n+]1Cc1cccc(C[n+]2ccc3ccccc3c2)c1.[Br-]. The number of halogens is 1. The van der Waals surface area contributed by atoms with Crippen molar-refractivity contribution in [2.75, 3.05) is 6.26 Å². The van der Waals surface area contributed by atoms with Crippen molar-refractivity contribution in [2.45, 2.75) is 44.1 Å². The quantitative estimate of drug-likeness (QED) is 0.139. The number of carboxylic acid groups (broad SMARTS) is 1. The molecule has 1 fully saturated rings. The molecule has 2 aliphatic rings. The van der Waals surface area contributed by atoms with Crippen molar-refractivity contribution in [3.63, 3.8) is 0 Å². The predicted octanol–water partition coefficient (Wildman–Crippen LogP) is -0.130. The molecule has 2 aliphatic heterocycles. The van der Waals surface area contributed by atoms with Crippen LogP contribution in [0.5, 0.6) is 0 Å². The molecule has 11 heteroatoms. The molecule has 1 saturated heterocycles. The molecule has 0 radical (unpaired) electrons. The van der Waals surface area contributed by atoms with Gasteiger partial charge < -0.3 is 36.9 Å². The molecule has 0 saturated carbocycles. The minimum atomic E-state index is -1.36. The van der Waals surface area contributed by atoms with Gasteiger partial charge in [-0.15, -0.1) is 0 Å². The standard InChI is InChI=1S/C33H31N4O4S2.BrH/c1-19-26(29(33(40)41)37-28(19)27(20(2)38)30(37)39)25-17-36-18-35(31(42-3)32(36)43-25)15-22-8-6-7-21(13-22)14-34-12-11-23-9-4-5-10-24(23)16-34;/h4-13,16-20,27-28,38H,14-15H2,1-3H3;1H/q+1;/p-1/t19-,20+,27+,28?;/m0./s1. The Hall–Kier alpha value is -3.51. The first-order valence-corrected chi connectivity index (χ1v) is 16.3. The van der Waals surface area contributed by atoms with Crippen molar-refractivity contribution >= 4 is 56.2 Å². The fourth-order valence-electron chi connectivity index (χ4n) is 6.77. The fraction of sp³-hybridized carbons (Fsp3) is 0.273. The molecule has 7 rings (SSSR count). The number of thiazole rings is 1. The van der Waals surface area contributed by atoms with Crippen molar-refractivity contribution < 1.29 is 45.9 Å². The van der Waals surface area contributed by atoms with Gasteiger partial charge >= 0.3 is 0 Å². The summed E-state index contributed by atoms with van der Waals surface area (Å²) in [5.41, 5.74) is 2.95. The summed E-state index contributed by atoms with van der Waals surface area (Å²) in [6, 6.07) is 18.8. The number of aliphatic carboxylic acids is 1. The zero-order valence-electron chi connectivity index (χ0n) is 24.4. The Bertz CT molecular complexity index is 1970. The number of carboxylic acids is 1. The fourth-order valence-corrected chi connectivity index (χ4v) is 8.95. The van der Waals surface area contributed by atoms with E-state index < -0.39 is 18.0 Å². The number of hydrogen-bond acceptors (Lipinski definition) is 6. The number of aliphatic hydroxyl groups excluding tert-OH is 1. The Labute approximate surface area is 273 Å². The maximum absolute atomic E-state index is 12.8. The van der Waals surface area contributed by atoms with E-state index in [0.29, 0.717) is 12.1 Å². The smallest absolute Gasteiger partial charge is 0.250 e. The predicted molar refractivity (Wildman–Crippen MR) is 163 cm³/mol. The van der Waals surface area contributed by atoms with Crippen molar-refractivity contribution in [3.05, 3.63) is 101 Å². The second kappa shape index (κ2) is 11.8. The number of imidazole rings is 1. The van der Waals surface area contributed by atoms with E-state index in [1.807, 2.05) is 30.1 Å². The van der Waals surface area contributed by atoms with E-state index in [-0.39, 0.29) is 40.5 Å². The number of carbonyl (C=O) groups excluding carboxylic acids is 2. The van der Waals surface area contributed by atoms with Crippen LogP contribution in [0.1, 0.15) is 29.9 Å². The lowest BCUT2D eigenvalue weighted by atomic mass is 9.77. The van der Waals surface area contributed by atoms with Crippen LogP contribution < -0.4 is 31.2 Å². The minimum Gasteiger partial charge on any atom is -1.00 e. The molecule has 2 aromatic carbocycles. The highest BCUT2D eigenvalue weighted by molar-refractivity contribution is 7.98. The normalized spacial score (nSPS) is 20.1. The van der Waals surface area contributed by atoms with Crippen LogP contribution in [0.2, 0.25) is 0 Å². The number of pyridine rings is 1. The van der Waals surface area contributed by atoms with Gasteiger partial charge in [-0.1, -0.05) is 66.4 Å². The number of β-lactam (4-membered cyclic amide) rings is 1. The number of hydrogen-bond donors (Lipinski definition) is 1. The largest absolute Gasteiger partial charge is 1.00 e. The summed E-state index contributed by atoms with van der Waals surface area (Å²) in [5, 5.41) is 25.9. The third-order valence-electron chi connectivity index (χ3n) is 8.69. The van der Waals surface area contributed by atoms with E-state index in [0.717, 1.165) is 21.3 Å². The van der Waals surface area contributed by atoms with Gasteiger partial charge in [-0.05, 0) is 36.3 Å². The monoisotopic (exact) mass is 690 g/mol. The number of amides is 1. The number of aromatic nitrogens is 3. The van der Waals surface area contributed by atoms with Crippen LogP contribution in [0.25, 0.3) is 21.2 Å². The molecule has 1 N–H and O–H groups in total. The summed E-state index contributed by atoms with van der Waals surface area (Å²) in [4.78, 5) is 28.1. The molecule has 4 atom stereocenters. The maximum atomic E-state index is 12.8. The average molecular weight is 692 g/mol. The van der Waals surface area contributed by atoms with Crippen LogP contribution in [-0.2, 0) is 22.7 Å². The first-order chi connectivity index (χ1) is 20.7. The van der Waals surface area contributed by atoms with Gasteiger partial charge in [0.2, 0.25) is 15.8 Å². The number of thioether (sulfide) groups is 1. The number of aliphatic hydroxyl groups is 1. The first kappa shape index (κ1) is 30.5. The van der Waals surface area contributed by atoms with Gasteiger partial charge in [0, 0.05) is 28.5 Å². The van der Waals surface area contributed by atoms with Gasteiger partial charge in [0.25, 0.3) is 6.33 Å². The Kier molecular flexibility index (Phi) is 8.17. The zero-order chi connectivity index (χ0) is 30.0. The van der Waals surface area contributed by atoms with E-state index in [2.05, 4.69) is 76.1 Å². The maximum Gasteiger partial charge on any atom is 0.250 e. The molecular weight excluding hydrogens is 660 g/mol. The van der Waals surface area contributed by atoms with Crippen LogP contribution in [-0.4, -0.2) is 44.7 Å². The van der Waals surface area contributed by atoms with Crippen molar-refractivity contribution in [1.82, 2.24) is 9.30 Å². The third-order valence-corrected chi connectivity index (χ3v) is 10.8. The number of carbonyl (C=O) groups is 2. The summed E-state index contributed by atoms with van der Waals surface area (Å²) in [6.45, 7) is 4.98. The summed E-state index contributed by atoms with van der Waals surface area (Å²) in [7, 11) is 0. The highest BCUT2D eigenvalue weighted by Gasteiger charge is 2.59. The van der Waals surface area contributed by atoms with E-state index in [4.69, 9.17) is 0 Å². The van der Waals surface area contributed by atoms with Crippen LogP contribution in [0, 0.1) is 11.8 Å². The molecule has 1 unspecified atom stereocenters. The van der Waals surface area contributed by atoms with Gasteiger partial charge in [0.1, 0.15) is 12.7 Å². The second-order valence-corrected chi connectivity index (χ2v) is 13.3. The lowest BCUT2D eigenvalue weighted by Gasteiger charge is -2.47. The van der Waals surface area contributed by atoms with Gasteiger partial charge in [-0.3, -0.25) is 4.79 Å². The average Bonchev–Trinajstić information content (AvgIpc) is 3.60. The van der Waals surface area contributed by atoms with Crippen molar-refractivity contribution in [2.24, 2.45) is 11.8 Å². The molecule has 5 aromatic rings. The molecule has 0 spiro atoms. The Morgan fingerprint density at radius 2 is 1.84 bits per heavy atom. The summed E-state index contributed by atoms with van der Waals surface area (Å²) >= 11 is 3.17. The van der Waals surface area contributed by atoms with E-state index >= 15 is 0 Å². The first-order valence-electron chi connectivity index (χ1n) is 14.3. The zero-order valence-corrected chi connectivity index (χ0v) is 27.6. The topological polar surface area (TPSA) is 92.8 Å². The number of fused-ring (bicyclic) bond motifs is 3.